The summed E-state index contributed by atoms with van der Waals surface area (Å²) >= 11 is 0. The number of benzene rings is 3. The average molecular weight is 362 g/mol. The molecule has 0 saturated carbocycles. The van der Waals surface area contributed by atoms with Crippen molar-refractivity contribution in [3.05, 3.63) is 77.9 Å². The van der Waals surface area contributed by atoms with Crippen LogP contribution in [0.4, 0.5) is 16.2 Å². The Labute approximate surface area is 158 Å². The Balaban J connectivity index is 1.58. The number of nitrogens with two attached hydrogens (primary N) is 2. The number of anilines is 2. The van der Waals surface area contributed by atoms with Crippen molar-refractivity contribution in [2.75, 3.05) is 11.5 Å². The minimum absolute atomic E-state index is 0.00241. The smallest absolute Gasteiger partial charge is 0.429 e. The van der Waals surface area contributed by atoms with E-state index in [1.807, 2.05) is 12.1 Å². The first-order valence-electron chi connectivity index (χ1n) is 8.73. The molecule has 3 aromatic rings. The topological polar surface area (TPSA) is 87.6 Å². The lowest BCUT2D eigenvalue weighted by Crippen LogP contribution is -2.11. The van der Waals surface area contributed by atoms with Crippen molar-refractivity contribution in [3.8, 4) is 16.9 Å². The number of ether oxygens (including phenoxy) is 2. The molecule has 0 amide bonds. The maximum atomic E-state index is 11.9. The van der Waals surface area contributed by atoms with Crippen molar-refractivity contribution in [2.45, 2.75) is 20.0 Å². The van der Waals surface area contributed by atoms with Crippen LogP contribution in [-0.4, -0.2) is 6.16 Å². The third-order valence-corrected chi connectivity index (χ3v) is 4.26. The number of carbonyl (C=O) groups is 1. The molecular formula is C22H22N2O3. The molecule has 0 aliphatic heterocycles. The van der Waals surface area contributed by atoms with Gasteiger partial charge in [0.15, 0.2) is 0 Å². The van der Waals surface area contributed by atoms with Gasteiger partial charge >= 0.3 is 6.16 Å². The molecule has 5 heteroatoms. The Morgan fingerprint density at radius 2 is 1.52 bits per heavy atom. The largest absolute Gasteiger partial charge is 0.514 e. The summed E-state index contributed by atoms with van der Waals surface area (Å²) < 4.78 is 10.3. The summed E-state index contributed by atoms with van der Waals surface area (Å²) in [6.45, 7) is 2.12. The second-order valence-electron chi connectivity index (χ2n) is 6.17. The molecule has 0 heterocycles. The van der Waals surface area contributed by atoms with E-state index >= 15 is 0 Å². The summed E-state index contributed by atoms with van der Waals surface area (Å²) in [4.78, 5) is 11.9. The fourth-order valence-corrected chi connectivity index (χ4v) is 2.66. The van der Waals surface area contributed by atoms with E-state index < -0.39 is 6.16 Å². The van der Waals surface area contributed by atoms with Crippen LogP contribution in [0.1, 0.15) is 18.1 Å². The first kappa shape index (κ1) is 18.3. The van der Waals surface area contributed by atoms with Gasteiger partial charge in [-0.2, -0.15) is 0 Å². The van der Waals surface area contributed by atoms with Crippen LogP contribution < -0.4 is 16.2 Å². The lowest BCUT2D eigenvalue weighted by atomic mass is 10.0. The van der Waals surface area contributed by atoms with Gasteiger partial charge in [0.25, 0.3) is 0 Å². The standard InChI is InChI=1S/C22H22N2O3/c1-2-15-3-5-16(6-4-15)17-7-10-20(11-8-17)27-22(25)26-14-18-13-19(23)9-12-21(18)24/h3-13H,2,14,23-24H2,1H3. The minimum Gasteiger partial charge on any atom is -0.429 e. The van der Waals surface area contributed by atoms with Gasteiger partial charge < -0.3 is 20.9 Å². The first-order chi connectivity index (χ1) is 13.0. The number of hydrogen-bond donors (Lipinski definition) is 2. The number of rotatable bonds is 5. The molecule has 0 spiro atoms. The van der Waals surface area contributed by atoms with E-state index in [0.29, 0.717) is 22.7 Å². The van der Waals surface area contributed by atoms with Gasteiger partial charge in [-0.15, -0.1) is 0 Å². The molecule has 0 saturated heterocycles. The second-order valence-corrected chi connectivity index (χ2v) is 6.17. The molecule has 0 unspecified atom stereocenters. The third-order valence-electron chi connectivity index (χ3n) is 4.26. The lowest BCUT2D eigenvalue weighted by Gasteiger charge is -2.09. The van der Waals surface area contributed by atoms with Gasteiger partial charge in [-0.05, 0) is 53.4 Å². The first-order valence-corrected chi connectivity index (χ1v) is 8.73. The van der Waals surface area contributed by atoms with Crippen molar-refractivity contribution in [1.82, 2.24) is 0 Å². The highest BCUT2D eigenvalue weighted by Gasteiger charge is 2.09. The van der Waals surface area contributed by atoms with Gasteiger partial charge in [0.05, 0.1) is 0 Å². The predicted octanol–water partition coefficient (Wildman–Crippen LogP) is 4.80. The normalized spacial score (nSPS) is 10.4. The van der Waals surface area contributed by atoms with E-state index in [1.54, 1.807) is 30.3 Å². The Hall–Kier alpha value is -3.47. The van der Waals surface area contributed by atoms with Gasteiger partial charge in [-0.3, -0.25) is 0 Å². The molecule has 0 aliphatic carbocycles. The molecule has 4 N–H and O–H groups in total. The molecule has 5 nitrogen and oxygen atoms in total. The second kappa shape index (κ2) is 8.27. The minimum atomic E-state index is -0.795. The monoisotopic (exact) mass is 362 g/mol. The molecule has 138 valence electrons. The summed E-state index contributed by atoms with van der Waals surface area (Å²) in [5.74, 6) is 0.412. The Kier molecular flexibility index (Phi) is 5.61. The van der Waals surface area contributed by atoms with Crippen LogP contribution in [0.25, 0.3) is 11.1 Å². The molecule has 3 rings (SSSR count). The molecule has 0 bridgehead atoms. The van der Waals surface area contributed by atoms with E-state index in [-0.39, 0.29) is 6.61 Å². The lowest BCUT2D eigenvalue weighted by molar-refractivity contribution is 0.0930. The van der Waals surface area contributed by atoms with Crippen molar-refractivity contribution in [3.63, 3.8) is 0 Å². The van der Waals surface area contributed by atoms with Crippen LogP contribution in [0.15, 0.2) is 66.7 Å². The van der Waals surface area contributed by atoms with Crippen molar-refractivity contribution < 1.29 is 14.3 Å². The van der Waals surface area contributed by atoms with E-state index in [9.17, 15) is 4.79 Å². The maximum Gasteiger partial charge on any atom is 0.514 e. The fourth-order valence-electron chi connectivity index (χ4n) is 2.66. The van der Waals surface area contributed by atoms with Gasteiger partial charge in [-0.1, -0.05) is 43.3 Å². The van der Waals surface area contributed by atoms with E-state index in [0.717, 1.165) is 17.5 Å². The molecule has 0 fully saturated rings. The maximum absolute atomic E-state index is 11.9. The zero-order valence-corrected chi connectivity index (χ0v) is 15.1. The molecule has 0 radical (unpaired) electrons. The summed E-state index contributed by atoms with van der Waals surface area (Å²) in [6.07, 6.45) is 0.216. The Morgan fingerprint density at radius 3 is 2.15 bits per heavy atom. The van der Waals surface area contributed by atoms with E-state index in [4.69, 9.17) is 20.9 Å². The van der Waals surface area contributed by atoms with Crippen molar-refractivity contribution in [2.24, 2.45) is 0 Å². The molecule has 27 heavy (non-hydrogen) atoms. The van der Waals surface area contributed by atoms with Crippen molar-refractivity contribution >= 4 is 17.5 Å². The number of carbonyl (C=O) groups excluding carboxylic acids is 1. The van der Waals surface area contributed by atoms with Crippen LogP contribution >= 0.6 is 0 Å². The summed E-state index contributed by atoms with van der Waals surface area (Å²) in [5, 5.41) is 0. The highest BCUT2D eigenvalue weighted by atomic mass is 16.7. The quantitative estimate of drug-likeness (QED) is 0.387. The molecule has 3 aromatic carbocycles. The highest BCUT2D eigenvalue weighted by molar-refractivity contribution is 5.67. The number of aryl methyl sites for hydroxylation is 1. The van der Waals surface area contributed by atoms with Crippen LogP contribution in [-0.2, 0) is 17.8 Å². The van der Waals surface area contributed by atoms with Crippen LogP contribution in [0.3, 0.4) is 0 Å². The van der Waals surface area contributed by atoms with E-state index in [2.05, 4.69) is 31.2 Å². The third kappa shape index (κ3) is 4.79. The SMILES string of the molecule is CCc1ccc(-c2ccc(OC(=O)OCc3cc(N)ccc3N)cc2)cc1. The zero-order valence-electron chi connectivity index (χ0n) is 15.1. The van der Waals surface area contributed by atoms with Gasteiger partial charge in [0, 0.05) is 16.9 Å². The van der Waals surface area contributed by atoms with E-state index in [1.165, 1.54) is 5.56 Å². The summed E-state index contributed by atoms with van der Waals surface area (Å²) in [7, 11) is 0. The molecule has 0 aliphatic rings. The predicted molar refractivity (Wildman–Crippen MR) is 107 cm³/mol. The average Bonchev–Trinajstić information content (AvgIpc) is 2.69. The van der Waals surface area contributed by atoms with Crippen molar-refractivity contribution in [1.29, 1.82) is 0 Å². The molecule has 0 aromatic heterocycles. The number of nitrogen functional groups attached to an aromatic ring is 2. The van der Waals surface area contributed by atoms with Crippen LogP contribution in [0.5, 0.6) is 5.75 Å². The summed E-state index contributed by atoms with van der Waals surface area (Å²) in [5.41, 5.74) is 16.7. The summed E-state index contributed by atoms with van der Waals surface area (Å²) in [6, 6.07) is 20.7. The number of hydrogen-bond acceptors (Lipinski definition) is 5. The van der Waals surface area contributed by atoms with Gasteiger partial charge in [0.2, 0.25) is 0 Å². The van der Waals surface area contributed by atoms with Crippen LogP contribution in [0.2, 0.25) is 0 Å². The Bertz CT molecular complexity index is 919. The zero-order chi connectivity index (χ0) is 19.2. The molecule has 0 atom stereocenters. The highest BCUT2D eigenvalue weighted by Crippen LogP contribution is 2.23. The molecular weight excluding hydrogens is 340 g/mol. The van der Waals surface area contributed by atoms with Gasteiger partial charge in [-0.25, -0.2) is 4.79 Å². The Morgan fingerprint density at radius 1 is 0.889 bits per heavy atom. The fraction of sp³-hybridized carbons (Fsp3) is 0.136. The van der Waals surface area contributed by atoms with Gasteiger partial charge in [0.1, 0.15) is 12.4 Å². The van der Waals surface area contributed by atoms with Crippen LogP contribution in [0, 0.1) is 0 Å².